The molecule has 0 aliphatic carbocycles. The zero-order valence-corrected chi connectivity index (χ0v) is 11.7. The minimum atomic E-state index is -1.14. The molecule has 0 bridgehead atoms. The van der Waals surface area contributed by atoms with Crippen LogP contribution in [0.4, 0.5) is 4.79 Å². The number of amides is 3. The second kappa shape index (κ2) is 7.68. The third-order valence-corrected chi connectivity index (χ3v) is 2.70. The van der Waals surface area contributed by atoms with Gasteiger partial charge in [-0.05, 0) is 5.92 Å². The molecule has 114 valence electrons. The van der Waals surface area contributed by atoms with E-state index < -0.39 is 18.0 Å². The van der Waals surface area contributed by atoms with Crippen LogP contribution in [0.2, 0.25) is 0 Å². The van der Waals surface area contributed by atoms with Crippen molar-refractivity contribution >= 4 is 17.9 Å². The zero-order valence-electron chi connectivity index (χ0n) is 11.7. The predicted octanol–water partition coefficient (Wildman–Crippen LogP) is -0.746. The molecule has 8 heteroatoms. The maximum atomic E-state index is 11.9. The number of nitrogens with one attached hydrogen (secondary N) is 2. The van der Waals surface area contributed by atoms with Crippen LogP contribution in [-0.2, 0) is 14.3 Å². The first-order valence-electron chi connectivity index (χ1n) is 6.53. The molecule has 0 saturated carbocycles. The molecule has 0 spiro atoms. The summed E-state index contributed by atoms with van der Waals surface area (Å²) >= 11 is 0. The van der Waals surface area contributed by atoms with Gasteiger partial charge in [0, 0.05) is 19.7 Å². The van der Waals surface area contributed by atoms with E-state index >= 15 is 0 Å². The van der Waals surface area contributed by atoms with Gasteiger partial charge in [0.2, 0.25) is 5.91 Å². The van der Waals surface area contributed by atoms with Crippen LogP contribution in [0.3, 0.4) is 0 Å². The SMILES string of the molecule is CC(C)COCCNC(=O)N1CC(=O)NCC1C(=O)O. The summed E-state index contributed by atoms with van der Waals surface area (Å²) in [6.07, 6.45) is 0. The maximum Gasteiger partial charge on any atom is 0.328 e. The molecule has 1 fully saturated rings. The Kier molecular flexibility index (Phi) is 6.23. The summed E-state index contributed by atoms with van der Waals surface area (Å²) in [5.74, 6) is -1.10. The number of nitrogens with zero attached hydrogens (tertiary/aromatic N) is 1. The van der Waals surface area contributed by atoms with Crippen LogP contribution in [0.1, 0.15) is 13.8 Å². The van der Waals surface area contributed by atoms with Gasteiger partial charge in [-0.2, -0.15) is 0 Å². The van der Waals surface area contributed by atoms with Crippen molar-refractivity contribution in [2.45, 2.75) is 19.9 Å². The smallest absolute Gasteiger partial charge is 0.328 e. The molecule has 0 aromatic heterocycles. The Morgan fingerprint density at radius 3 is 2.85 bits per heavy atom. The summed E-state index contributed by atoms with van der Waals surface area (Å²) in [4.78, 5) is 35.2. The van der Waals surface area contributed by atoms with Crippen molar-refractivity contribution in [1.29, 1.82) is 0 Å². The van der Waals surface area contributed by atoms with Crippen LogP contribution < -0.4 is 10.6 Å². The number of aliphatic carboxylic acids is 1. The van der Waals surface area contributed by atoms with E-state index in [9.17, 15) is 14.4 Å². The monoisotopic (exact) mass is 287 g/mol. The van der Waals surface area contributed by atoms with Gasteiger partial charge in [-0.1, -0.05) is 13.8 Å². The Labute approximate surface area is 117 Å². The number of carbonyl (C=O) groups is 3. The zero-order chi connectivity index (χ0) is 15.1. The Morgan fingerprint density at radius 1 is 1.55 bits per heavy atom. The highest BCUT2D eigenvalue weighted by molar-refractivity contribution is 5.90. The van der Waals surface area contributed by atoms with E-state index in [1.54, 1.807) is 0 Å². The van der Waals surface area contributed by atoms with Gasteiger partial charge in [0.15, 0.2) is 0 Å². The van der Waals surface area contributed by atoms with Gasteiger partial charge < -0.3 is 20.5 Å². The highest BCUT2D eigenvalue weighted by Crippen LogP contribution is 2.04. The van der Waals surface area contributed by atoms with Gasteiger partial charge >= 0.3 is 12.0 Å². The molecule has 1 aliphatic heterocycles. The van der Waals surface area contributed by atoms with Crippen LogP contribution in [0.5, 0.6) is 0 Å². The quantitative estimate of drug-likeness (QED) is 0.557. The molecule has 8 nitrogen and oxygen atoms in total. The number of rotatable bonds is 6. The van der Waals surface area contributed by atoms with E-state index in [1.165, 1.54) is 0 Å². The lowest BCUT2D eigenvalue weighted by Crippen LogP contribution is -2.61. The molecule has 0 aromatic rings. The number of carboxylic acids is 1. The number of piperazine rings is 1. The molecular formula is C12H21N3O5. The van der Waals surface area contributed by atoms with Crippen molar-refractivity contribution in [3.63, 3.8) is 0 Å². The predicted molar refractivity (Wildman–Crippen MR) is 70.2 cm³/mol. The van der Waals surface area contributed by atoms with Crippen LogP contribution in [-0.4, -0.2) is 66.8 Å². The average Bonchev–Trinajstić information content (AvgIpc) is 2.37. The number of urea groups is 1. The lowest BCUT2D eigenvalue weighted by Gasteiger charge is -2.32. The van der Waals surface area contributed by atoms with Gasteiger partial charge in [-0.3, -0.25) is 9.69 Å². The van der Waals surface area contributed by atoms with Crippen molar-refractivity contribution in [2.75, 3.05) is 32.8 Å². The van der Waals surface area contributed by atoms with Crippen molar-refractivity contribution in [3.8, 4) is 0 Å². The van der Waals surface area contributed by atoms with E-state index in [2.05, 4.69) is 10.6 Å². The van der Waals surface area contributed by atoms with Crippen molar-refractivity contribution < 1.29 is 24.2 Å². The summed E-state index contributed by atoms with van der Waals surface area (Å²) in [6.45, 7) is 4.92. The summed E-state index contributed by atoms with van der Waals surface area (Å²) in [6, 6.07) is -1.61. The van der Waals surface area contributed by atoms with E-state index in [0.29, 0.717) is 19.1 Å². The third-order valence-electron chi connectivity index (χ3n) is 2.70. The molecule has 1 atom stereocenters. The van der Waals surface area contributed by atoms with E-state index in [0.717, 1.165) is 4.90 Å². The number of ether oxygens (including phenoxy) is 1. The Bertz CT molecular complexity index is 372. The lowest BCUT2D eigenvalue weighted by molar-refractivity contribution is -0.144. The van der Waals surface area contributed by atoms with Crippen molar-refractivity contribution in [2.24, 2.45) is 5.92 Å². The second-order valence-corrected chi connectivity index (χ2v) is 4.99. The van der Waals surface area contributed by atoms with Gasteiger partial charge in [-0.15, -0.1) is 0 Å². The molecular weight excluding hydrogens is 266 g/mol. The first kappa shape index (κ1) is 16.2. The molecule has 3 N–H and O–H groups in total. The first-order valence-corrected chi connectivity index (χ1v) is 6.53. The summed E-state index contributed by atoms with van der Waals surface area (Å²) in [5, 5.41) is 14.0. The standard InChI is InChI=1S/C12H21N3O5/c1-8(2)7-20-4-3-13-12(19)15-6-10(16)14-5-9(15)11(17)18/h8-9H,3-7H2,1-2H3,(H,13,19)(H,14,16)(H,17,18). The highest BCUT2D eigenvalue weighted by Gasteiger charge is 2.34. The van der Waals surface area contributed by atoms with Crippen molar-refractivity contribution in [1.82, 2.24) is 15.5 Å². The van der Waals surface area contributed by atoms with Crippen LogP contribution in [0, 0.1) is 5.92 Å². The summed E-state index contributed by atoms with van der Waals surface area (Å²) < 4.78 is 5.30. The fourth-order valence-electron chi connectivity index (χ4n) is 1.73. The molecule has 1 aliphatic rings. The minimum absolute atomic E-state index is 0.0779. The Balaban J connectivity index is 2.39. The van der Waals surface area contributed by atoms with Crippen LogP contribution in [0.25, 0.3) is 0 Å². The fraction of sp³-hybridized carbons (Fsp3) is 0.750. The molecule has 0 radical (unpaired) electrons. The largest absolute Gasteiger partial charge is 0.480 e. The maximum absolute atomic E-state index is 11.9. The summed E-state index contributed by atoms with van der Waals surface area (Å²) in [5.41, 5.74) is 0. The first-order chi connectivity index (χ1) is 9.41. The van der Waals surface area contributed by atoms with E-state index in [1.807, 2.05) is 13.8 Å². The molecule has 3 amide bonds. The Hall–Kier alpha value is -1.83. The number of hydrogen-bond acceptors (Lipinski definition) is 4. The van der Waals surface area contributed by atoms with Gasteiger partial charge in [-0.25, -0.2) is 9.59 Å². The van der Waals surface area contributed by atoms with Crippen LogP contribution in [0.15, 0.2) is 0 Å². The van der Waals surface area contributed by atoms with E-state index in [-0.39, 0.29) is 25.5 Å². The molecule has 1 unspecified atom stereocenters. The van der Waals surface area contributed by atoms with Crippen LogP contribution >= 0.6 is 0 Å². The fourth-order valence-corrected chi connectivity index (χ4v) is 1.73. The molecule has 1 heterocycles. The van der Waals surface area contributed by atoms with E-state index in [4.69, 9.17) is 9.84 Å². The Morgan fingerprint density at radius 2 is 2.25 bits per heavy atom. The van der Waals surface area contributed by atoms with Gasteiger partial charge in [0.25, 0.3) is 0 Å². The normalized spacial score (nSPS) is 18.9. The number of hydrogen-bond donors (Lipinski definition) is 3. The third kappa shape index (κ3) is 5.04. The average molecular weight is 287 g/mol. The summed E-state index contributed by atoms with van der Waals surface area (Å²) in [7, 11) is 0. The number of carbonyl (C=O) groups excluding carboxylic acids is 2. The molecule has 0 aromatic carbocycles. The second-order valence-electron chi connectivity index (χ2n) is 4.99. The molecule has 20 heavy (non-hydrogen) atoms. The lowest BCUT2D eigenvalue weighted by atomic mass is 10.2. The highest BCUT2D eigenvalue weighted by atomic mass is 16.5. The molecule has 1 rings (SSSR count). The number of carboxylic acid groups (broad SMARTS) is 1. The topological polar surface area (TPSA) is 108 Å². The van der Waals surface area contributed by atoms with Gasteiger partial charge in [0.05, 0.1) is 6.61 Å². The van der Waals surface area contributed by atoms with Crippen molar-refractivity contribution in [3.05, 3.63) is 0 Å². The van der Waals surface area contributed by atoms with Gasteiger partial charge in [0.1, 0.15) is 12.6 Å². The molecule has 1 saturated heterocycles. The minimum Gasteiger partial charge on any atom is -0.480 e.